The van der Waals surface area contributed by atoms with Gasteiger partial charge in [-0.25, -0.2) is 9.97 Å². The monoisotopic (exact) mass is 305 g/mol. The van der Waals surface area contributed by atoms with Crippen molar-refractivity contribution in [1.29, 1.82) is 0 Å². The number of benzene rings is 1. The second-order valence-electron chi connectivity index (χ2n) is 4.68. The lowest BCUT2D eigenvalue weighted by atomic mass is 10.1. The van der Waals surface area contributed by atoms with Crippen LogP contribution in [0.2, 0.25) is 5.02 Å². The van der Waals surface area contributed by atoms with Gasteiger partial charge in [0.15, 0.2) is 0 Å². The van der Waals surface area contributed by atoms with Crippen LogP contribution in [-0.4, -0.2) is 23.6 Å². The van der Waals surface area contributed by atoms with Gasteiger partial charge in [0, 0.05) is 24.6 Å². The topological polar surface area (TPSA) is 47.0 Å². The molecular formula is C16H20ClN3O. The molecule has 5 heteroatoms. The first-order valence-corrected chi connectivity index (χ1v) is 7.51. The Hall–Kier alpha value is -1.81. The molecule has 1 heterocycles. The first-order chi connectivity index (χ1) is 10.2. The smallest absolute Gasteiger partial charge is 0.138 e. The third-order valence-electron chi connectivity index (χ3n) is 3.09. The predicted molar refractivity (Wildman–Crippen MR) is 87.2 cm³/mol. The van der Waals surface area contributed by atoms with E-state index in [1.165, 1.54) is 0 Å². The number of aromatic nitrogens is 2. The second kappa shape index (κ2) is 7.27. The lowest BCUT2D eigenvalue weighted by molar-refractivity contribution is 0.415. The molecule has 0 spiro atoms. The highest BCUT2D eigenvalue weighted by atomic mass is 35.5. The summed E-state index contributed by atoms with van der Waals surface area (Å²) >= 11 is 6.07. The summed E-state index contributed by atoms with van der Waals surface area (Å²) in [7, 11) is 1.61. The van der Waals surface area contributed by atoms with Crippen molar-refractivity contribution in [2.75, 3.05) is 19.0 Å². The van der Waals surface area contributed by atoms with Crippen LogP contribution in [0, 0.1) is 0 Å². The van der Waals surface area contributed by atoms with Crippen molar-refractivity contribution < 1.29 is 4.74 Å². The van der Waals surface area contributed by atoms with Crippen LogP contribution in [0.3, 0.4) is 0 Å². The normalized spacial score (nSPS) is 10.5. The number of methoxy groups -OCH3 is 1. The molecule has 2 aromatic rings. The minimum atomic E-state index is 0.593. The number of rotatable bonds is 6. The number of hydrogen-bond donors (Lipinski definition) is 1. The maximum Gasteiger partial charge on any atom is 0.138 e. The van der Waals surface area contributed by atoms with E-state index < -0.39 is 0 Å². The zero-order chi connectivity index (χ0) is 15.2. The van der Waals surface area contributed by atoms with Crippen molar-refractivity contribution in [2.45, 2.75) is 26.7 Å². The van der Waals surface area contributed by atoms with E-state index in [-0.39, 0.29) is 0 Å². The van der Waals surface area contributed by atoms with Crippen LogP contribution in [0.5, 0.6) is 5.75 Å². The Morgan fingerprint density at radius 1 is 1.19 bits per heavy atom. The molecule has 0 atom stereocenters. The summed E-state index contributed by atoms with van der Waals surface area (Å²) in [6.45, 7) is 5.06. The Labute approximate surface area is 130 Å². The van der Waals surface area contributed by atoms with E-state index in [9.17, 15) is 0 Å². The van der Waals surface area contributed by atoms with Gasteiger partial charge in [0.1, 0.15) is 17.4 Å². The molecule has 0 aliphatic rings. The van der Waals surface area contributed by atoms with E-state index in [0.717, 1.165) is 42.3 Å². The van der Waals surface area contributed by atoms with E-state index in [1.54, 1.807) is 7.11 Å². The third-order valence-corrected chi connectivity index (χ3v) is 3.40. The summed E-state index contributed by atoms with van der Waals surface area (Å²) in [6, 6.07) is 7.62. The molecule has 0 radical (unpaired) electrons. The molecule has 21 heavy (non-hydrogen) atoms. The predicted octanol–water partition coefficient (Wildman–Crippen LogP) is 4.19. The third kappa shape index (κ3) is 3.85. The van der Waals surface area contributed by atoms with E-state index in [1.807, 2.05) is 31.2 Å². The van der Waals surface area contributed by atoms with Crippen LogP contribution in [0.1, 0.15) is 26.1 Å². The molecule has 0 bridgehead atoms. The van der Waals surface area contributed by atoms with Crippen molar-refractivity contribution in [3.63, 3.8) is 0 Å². The number of nitrogens with zero attached hydrogens (tertiary/aromatic N) is 2. The van der Waals surface area contributed by atoms with E-state index >= 15 is 0 Å². The van der Waals surface area contributed by atoms with E-state index in [2.05, 4.69) is 22.2 Å². The molecule has 1 aromatic heterocycles. The van der Waals surface area contributed by atoms with Crippen LogP contribution >= 0.6 is 11.6 Å². The first-order valence-electron chi connectivity index (χ1n) is 7.13. The molecule has 0 unspecified atom stereocenters. The summed E-state index contributed by atoms with van der Waals surface area (Å²) < 4.78 is 5.27. The van der Waals surface area contributed by atoms with Gasteiger partial charge in [-0.2, -0.15) is 0 Å². The standard InChI is InChI=1S/C16H20ClN3O/c1-4-8-18-16-10-13(19-15(5-2)20-16)11-6-7-12(17)14(9-11)21-3/h6-7,9-10H,4-5,8H2,1-3H3,(H,18,19,20). The highest BCUT2D eigenvalue weighted by molar-refractivity contribution is 6.32. The molecule has 0 saturated heterocycles. The molecule has 0 saturated carbocycles. The van der Waals surface area contributed by atoms with Crippen LogP contribution in [0.4, 0.5) is 5.82 Å². The van der Waals surface area contributed by atoms with Gasteiger partial charge in [-0.05, 0) is 18.6 Å². The molecule has 1 aromatic carbocycles. The van der Waals surface area contributed by atoms with Gasteiger partial charge in [-0.15, -0.1) is 0 Å². The lowest BCUT2D eigenvalue weighted by Crippen LogP contribution is -2.05. The van der Waals surface area contributed by atoms with Crippen molar-refractivity contribution >= 4 is 17.4 Å². The van der Waals surface area contributed by atoms with Gasteiger partial charge >= 0.3 is 0 Å². The number of halogens is 1. The fourth-order valence-corrected chi connectivity index (χ4v) is 2.16. The Morgan fingerprint density at radius 3 is 2.67 bits per heavy atom. The fourth-order valence-electron chi connectivity index (χ4n) is 1.97. The van der Waals surface area contributed by atoms with Gasteiger partial charge < -0.3 is 10.1 Å². The zero-order valence-corrected chi connectivity index (χ0v) is 13.4. The quantitative estimate of drug-likeness (QED) is 0.869. The van der Waals surface area contributed by atoms with Crippen LogP contribution in [-0.2, 0) is 6.42 Å². The minimum absolute atomic E-state index is 0.593. The summed E-state index contributed by atoms with van der Waals surface area (Å²) in [5, 5.41) is 3.90. The Bertz CT molecular complexity index is 616. The highest BCUT2D eigenvalue weighted by Gasteiger charge is 2.08. The molecule has 0 aliphatic carbocycles. The molecule has 4 nitrogen and oxygen atoms in total. The van der Waals surface area contributed by atoms with Crippen molar-refractivity contribution in [1.82, 2.24) is 9.97 Å². The van der Waals surface area contributed by atoms with Crippen molar-refractivity contribution in [3.8, 4) is 17.0 Å². The van der Waals surface area contributed by atoms with Gasteiger partial charge in [0.05, 0.1) is 17.8 Å². The molecular weight excluding hydrogens is 286 g/mol. The molecule has 0 amide bonds. The molecule has 1 N–H and O–H groups in total. The molecule has 0 fully saturated rings. The summed E-state index contributed by atoms with van der Waals surface area (Å²) in [5.41, 5.74) is 1.84. The van der Waals surface area contributed by atoms with Crippen LogP contribution in [0.25, 0.3) is 11.3 Å². The van der Waals surface area contributed by atoms with Crippen molar-refractivity contribution in [2.24, 2.45) is 0 Å². The van der Waals surface area contributed by atoms with Crippen LogP contribution in [0.15, 0.2) is 24.3 Å². The molecule has 2 rings (SSSR count). The Morgan fingerprint density at radius 2 is 2.00 bits per heavy atom. The highest BCUT2D eigenvalue weighted by Crippen LogP contribution is 2.30. The van der Waals surface area contributed by atoms with E-state index in [0.29, 0.717) is 10.8 Å². The summed E-state index contributed by atoms with van der Waals surface area (Å²) in [5.74, 6) is 2.32. The lowest BCUT2D eigenvalue weighted by Gasteiger charge is -2.10. The number of nitrogens with one attached hydrogen (secondary N) is 1. The van der Waals surface area contributed by atoms with Gasteiger partial charge in [-0.3, -0.25) is 0 Å². The van der Waals surface area contributed by atoms with Crippen molar-refractivity contribution in [3.05, 3.63) is 35.1 Å². The van der Waals surface area contributed by atoms with Crippen LogP contribution < -0.4 is 10.1 Å². The second-order valence-corrected chi connectivity index (χ2v) is 5.09. The van der Waals surface area contributed by atoms with Gasteiger partial charge in [-0.1, -0.05) is 31.5 Å². The SMILES string of the molecule is CCCNc1cc(-c2ccc(Cl)c(OC)c2)nc(CC)n1. The molecule has 112 valence electrons. The largest absolute Gasteiger partial charge is 0.495 e. The minimum Gasteiger partial charge on any atom is -0.495 e. The summed E-state index contributed by atoms with van der Waals surface area (Å²) in [6.07, 6.45) is 1.84. The van der Waals surface area contributed by atoms with Gasteiger partial charge in [0.25, 0.3) is 0 Å². The zero-order valence-electron chi connectivity index (χ0n) is 12.6. The maximum absolute atomic E-state index is 6.07. The average Bonchev–Trinajstić information content (AvgIpc) is 2.53. The average molecular weight is 306 g/mol. The number of aryl methyl sites for hydroxylation is 1. The van der Waals surface area contributed by atoms with E-state index in [4.69, 9.17) is 16.3 Å². The number of ether oxygens (including phenoxy) is 1. The maximum atomic E-state index is 6.07. The van der Waals surface area contributed by atoms with Gasteiger partial charge in [0.2, 0.25) is 0 Å². The summed E-state index contributed by atoms with van der Waals surface area (Å²) in [4.78, 5) is 9.08. The Balaban J connectivity index is 2.42. The number of hydrogen-bond acceptors (Lipinski definition) is 4. The Kier molecular flexibility index (Phi) is 5.39. The molecule has 0 aliphatic heterocycles. The fraction of sp³-hybridized carbons (Fsp3) is 0.375. The number of anilines is 1. The first kappa shape index (κ1) is 15.6.